The number of nitrogens with one attached hydrogen (secondary N) is 1. The first-order valence-corrected chi connectivity index (χ1v) is 7.17. The van der Waals surface area contributed by atoms with Crippen molar-refractivity contribution in [2.24, 2.45) is 0 Å². The molecule has 0 amide bonds. The zero-order valence-electron chi connectivity index (χ0n) is 11.6. The molecule has 0 radical (unpaired) electrons. The number of fused-ring (bicyclic) bond motifs is 2. The van der Waals surface area contributed by atoms with E-state index >= 15 is 0 Å². The Kier molecular flexibility index (Phi) is 3.39. The van der Waals surface area contributed by atoms with Crippen molar-refractivity contribution < 1.29 is 4.39 Å². The number of aryl methyl sites for hydroxylation is 1. The molecule has 2 unspecified atom stereocenters. The zero-order valence-corrected chi connectivity index (χ0v) is 11.6. The van der Waals surface area contributed by atoms with Gasteiger partial charge in [-0.1, -0.05) is 6.92 Å². The van der Waals surface area contributed by atoms with Crippen molar-refractivity contribution in [2.75, 3.05) is 11.9 Å². The van der Waals surface area contributed by atoms with E-state index < -0.39 is 0 Å². The molecule has 1 aromatic heterocycles. The van der Waals surface area contributed by atoms with Gasteiger partial charge in [0.05, 0.1) is 5.69 Å². The molecule has 2 aliphatic heterocycles. The molecule has 2 saturated heterocycles. The predicted molar refractivity (Wildman–Crippen MR) is 72.7 cm³/mol. The number of hydrogen-bond donors (Lipinski definition) is 1. The summed E-state index contributed by atoms with van der Waals surface area (Å²) in [5, 5.41) is 3.61. The first-order valence-electron chi connectivity index (χ1n) is 7.17. The molecule has 4 nitrogen and oxygen atoms in total. The number of piperidine rings is 1. The van der Waals surface area contributed by atoms with Gasteiger partial charge in [-0.15, -0.1) is 0 Å². The molecule has 19 heavy (non-hydrogen) atoms. The van der Waals surface area contributed by atoms with Crippen LogP contribution in [-0.4, -0.2) is 35.1 Å². The van der Waals surface area contributed by atoms with E-state index in [1.165, 1.54) is 19.2 Å². The lowest BCUT2D eigenvalue weighted by Gasteiger charge is -2.36. The summed E-state index contributed by atoms with van der Waals surface area (Å²) in [4.78, 5) is 10.2. The van der Waals surface area contributed by atoms with Crippen LogP contribution in [0.1, 0.15) is 38.3 Å². The van der Waals surface area contributed by atoms with Gasteiger partial charge in [0.1, 0.15) is 6.33 Å². The lowest BCUT2D eigenvalue weighted by atomic mass is 9.98. The summed E-state index contributed by atoms with van der Waals surface area (Å²) in [6.45, 7) is 1.92. The van der Waals surface area contributed by atoms with Crippen LogP contribution in [0.25, 0.3) is 0 Å². The van der Waals surface area contributed by atoms with E-state index in [1.54, 1.807) is 0 Å². The Labute approximate surface area is 113 Å². The molecule has 2 atom stereocenters. The van der Waals surface area contributed by atoms with Gasteiger partial charge in [0, 0.05) is 25.2 Å². The Bertz CT molecular complexity index is 453. The SMILES string of the molecule is CCc1ncnc(N(C)C2CC3CCC(C2)N3)c1F. The standard InChI is InChI=1S/C14H21FN4/c1-3-12-13(15)14(17-8-16-12)19(2)11-6-9-4-5-10(7-11)18-9/h8-11,18H,3-7H2,1-2H3. The van der Waals surface area contributed by atoms with Crippen LogP contribution in [-0.2, 0) is 6.42 Å². The third-order valence-electron chi connectivity index (χ3n) is 4.51. The maximum Gasteiger partial charge on any atom is 0.187 e. The highest BCUT2D eigenvalue weighted by atomic mass is 19.1. The van der Waals surface area contributed by atoms with Gasteiger partial charge >= 0.3 is 0 Å². The summed E-state index contributed by atoms with van der Waals surface area (Å²) < 4.78 is 14.3. The third-order valence-corrected chi connectivity index (χ3v) is 4.51. The lowest BCUT2D eigenvalue weighted by molar-refractivity contribution is 0.351. The van der Waals surface area contributed by atoms with Crippen molar-refractivity contribution in [1.82, 2.24) is 15.3 Å². The summed E-state index contributed by atoms with van der Waals surface area (Å²) in [6.07, 6.45) is 6.74. The van der Waals surface area contributed by atoms with Crippen molar-refractivity contribution in [2.45, 2.75) is 57.2 Å². The van der Waals surface area contributed by atoms with Gasteiger partial charge in [-0.3, -0.25) is 0 Å². The first-order chi connectivity index (χ1) is 9.19. The Morgan fingerprint density at radius 2 is 2.00 bits per heavy atom. The monoisotopic (exact) mass is 264 g/mol. The van der Waals surface area contributed by atoms with Crippen LogP contribution < -0.4 is 10.2 Å². The minimum Gasteiger partial charge on any atom is -0.354 e. The van der Waals surface area contributed by atoms with Crippen LogP contribution >= 0.6 is 0 Å². The van der Waals surface area contributed by atoms with Gasteiger partial charge in [0.2, 0.25) is 0 Å². The Morgan fingerprint density at radius 1 is 1.32 bits per heavy atom. The van der Waals surface area contributed by atoms with E-state index in [0.29, 0.717) is 36.1 Å². The molecule has 3 heterocycles. The fraction of sp³-hybridized carbons (Fsp3) is 0.714. The number of halogens is 1. The van der Waals surface area contributed by atoms with Crippen LogP contribution in [0.4, 0.5) is 10.2 Å². The topological polar surface area (TPSA) is 41.1 Å². The Morgan fingerprint density at radius 3 is 2.63 bits per heavy atom. The fourth-order valence-electron chi connectivity index (χ4n) is 3.40. The van der Waals surface area contributed by atoms with Crippen LogP contribution in [0.3, 0.4) is 0 Å². The Balaban J connectivity index is 1.82. The molecule has 104 valence electrons. The summed E-state index contributed by atoms with van der Waals surface area (Å²) in [7, 11) is 1.96. The number of anilines is 1. The van der Waals surface area contributed by atoms with Gasteiger partial charge in [-0.05, 0) is 32.1 Å². The van der Waals surface area contributed by atoms with E-state index in [-0.39, 0.29) is 5.82 Å². The second-order valence-electron chi connectivity index (χ2n) is 5.69. The normalized spacial score (nSPS) is 29.5. The minimum absolute atomic E-state index is 0.252. The molecule has 2 aliphatic rings. The number of rotatable bonds is 3. The van der Waals surface area contributed by atoms with Crippen LogP contribution in [0.2, 0.25) is 0 Å². The van der Waals surface area contributed by atoms with Crippen LogP contribution in [0, 0.1) is 5.82 Å². The number of aromatic nitrogens is 2. The van der Waals surface area contributed by atoms with Crippen molar-refractivity contribution in [3.63, 3.8) is 0 Å². The number of hydrogen-bond acceptors (Lipinski definition) is 4. The highest BCUT2D eigenvalue weighted by molar-refractivity contribution is 5.41. The van der Waals surface area contributed by atoms with Crippen molar-refractivity contribution in [1.29, 1.82) is 0 Å². The van der Waals surface area contributed by atoms with Crippen LogP contribution in [0.5, 0.6) is 0 Å². The second-order valence-corrected chi connectivity index (χ2v) is 5.69. The first kappa shape index (κ1) is 12.8. The van der Waals surface area contributed by atoms with E-state index in [9.17, 15) is 4.39 Å². The average molecular weight is 264 g/mol. The maximum absolute atomic E-state index is 14.3. The molecular formula is C14H21FN4. The molecule has 0 saturated carbocycles. The van der Waals surface area contributed by atoms with Crippen molar-refractivity contribution in [3.05, 3.63) is 17.8 Å². The van der Waals surface area contributed by atoms with Crippen molar-refractivity contribution in [3.8, 4) is 0 Å². The summed E-state index contributed by atoms with van der Waals surface area (Å²) in [6, 6.07) is 1.58. The van der Waals surface area contributed by atoms with E-state index in [4.69, 9.17) is 0 Å². The molecule has 5 heteroatoms. The molecule has 3 rings (SSSR count). The summed E-state index contributed by atoms with van der Waals surface area (Å²) in [5.74, 6) is 0.205. The molecule has 0 aliphatic carbocycles. The van der Waals surface area contributed by atoms with Crippen molar-refractivity contribution >= 4 is 5.82 Å². The molecule has 1 N–H and O–H groups in total. The second kappa shape index (κ2) is 5.04. The van der Waals surface area contributed by atoms with Gasteiger partial charge in [0.15, 0.2) is 11.6 Å². The summed E-state index contributed by atoms with van der Waals surface area (Å²) >= 11 is 0. The predicted octanol–water partition coefficient (Wildman–Crippen LogP) is 1.90. The Hall–Kier alpha value is -1.23. The largest absolute Gasteiger partial charge is 0.354 e. The fourth-order valence-corrected chi connectivity index (χ4v) is 3.40. The molecule has 1 aromatic rings. The highest BCUT2D eigenvalue weighted by Gasteiger charge is 2.36. The van der Waals surface area contributed by atoms with Gasteiger partial charge < -0.3 is 10.2 Å². The summed E-state index contributed by atoms with van der Waals surface area (Å²) in [5.41, 5.74) is 0.508. The zero-order chi connectivity index (χ0) is 13.4. The van der Waals surface area contributed by atoms with Gasteiger partial charge in [-0.25, -0.2) is 14.4 Å². The lowest BCUT2D eigenvalue weighted by Crippen LogP contribution is -2.47. The van der Waals surface area contributed by atoms with Gasteiger partial charge in [0.25, 0.3) is 0 Å². The average Bonchev–Trinajstić information content (AvgIpc) is 2.77. The van der Waals surface area contributed by atoms with E-state index in [1.807, 2.05) is 18.9 Å². The van der Waals surface area contributed by atoms with Crippen LogP contribution in [0.15, 0.2) is 6.33 Å². The maximum atomic E-state index is 14.3. The molecule has 2 bridgehead atoms. The number of nitrogens with zero attached hydrogens (tertiary/aromatic N) is 3. The molecular weight excluding hydrogens is 243 g/mol. The smallest absolute Gasteiger partial charge is 0.187 e. The van der Waals surface area contributed by atoms with Gasteiger partial charge in [-0.2, -0.15) is 0 Å². The molecule has 0 aromatic carbocycles. The highest BCUT2D eigenvalue weighted by Crippen LogP contribution is 2.31. The minimum atomic E-state index is -0.252. The quantitative estimate of drug-likeness (QED) is 0.905. The third kappa shape index (κ3) is 2.31. The molecule has 0 spiro atoms. The molecule has 2 fully saturated rings. The van der Waals surface area contributed by atoms with E-state index in [0.717, 1.165) is 12.8 Å². The van der Waals surface area contributed by atoms with E-state index in [2.05, 4.69) is 15.3 Å².